The van der Waals surface area contributed by atoms with E-state index < -0.39 is 11.4 Å². The first-order valence-electron chi connectivity index (χ1n) is 6.37. The van der Waals surface area contributed by atoms with Gasteiger partial charge in [0, 0.05) is 17.6 Å². The minimum Gasteiger partial charge on any atom is -0.385 e. The van der Waals surface area contributed by atoms with Crippen LogP contribution in [0.4, 0.5) is 4.39 Å². The zero-order valence-electron chi connectivity index (χ0n) is 10.4. The Morgan fingerprint density at radius 2 is 2.05 bits per heavy atom. The number of morpholine rings is 1. The van der Waals surface area contributed by atoms with E-state index in [0.717, 1.165) is 0 Å². The first kappa shape index (κ1) is 12.5. The van der Waals surface area contributed by atoms with Crippen LogP contribution in [0.5, 0.6) is 0 Å². The number of fused-ring (bicyclic) bond motifs is 2. The molecule has 2 aliphatic rings. The standard InChI is InChI=1S/C14H15FN2O2/c15-10-1-2-13(9(3-10)6-16)14(18)4-11-7-19-8-12(5-14)17-11/h1-3,11-12,17-18H,4-5,7-8H2. The Morgan fingerprint density at radius 1 is 1.37 bits per heavy atom. The van der Waals surface area contributed by atoms with Crippen molar-refractivity contribution < 1.29 is 14.2 Å². The zero-order chi connectivity index (χ0) is 13.5. The van der Waals surface area contributed by atoms with Crippen LogP contribution in [0.25, 0.3) is 0 Å². The van der Waals surface area contributed by atoms with Crippen LogP contribution in [0, 0.1) is 17.1 Å². The Kier molecular flexibility index (Phi) is 3.02. The molecule has 2 aliphatic heterocycles. The first-order chi connectivity index (χ1) is 9.10. The summed E-state index contributed by atoms with van der Waals surface area (Å²) in [6.07, 6.45) is 0.952. The predicted molar refractivity (Wildman–Crippen MR) is 65.8 cm³/mol. The van der Waals surface area contributed by atoms with Crippen LogP contribution in [0.15, 0.2) is 18.2 Å². The molecule has 2 fully saturated rings. The van der Waals surface area contributed by atoms with E-state index in [0.29, 0.717) is 31.6 Å². The smallest absolute Gasteiger partial charge is 0.124 e. The number of benzene rings is 1. The van der Waals surface area contributed by atoms with Crippen molar-refractivity contribution >= 4 is 0 Å². The second-order valence-corrected chi connectivity index (χ2v) is 5.34. The molecule has 3 rings (SSSR count). The fourth-order valence-electron chi connectivity index (χ4n) is 3.15. The fraction of sp³-hybridized carbons (Fsp3) is 0.500. The lowest BCUT2D eigenvalue weighted by atomic mass is 9.76. The van der Waals surface area contributed by atoms with Crippen LogP contribution >= 0.6 is 0 Å². The topological polar surface area (TPSA) is 65.3 Å². The zero-order valence-corrected chi connectivity index (χ0v) is 10.4. The average molecular weight is 262 g/mol. The molecule has 2 bridgehead atoms. The molecule has 0 radical (unpaired) electrons. The van der Waals surface area contributed by atoms with Crippen molar-refractivity contribution in [2.45, 2.75) is 30.5 Å². The van der Waals surface area contributed by atoms with Crippen LogP contribution in [0.1, 0.15) is 24.0 Å². The second-order valence-electron chi connectivity index (χ2n) is 5.34. The number of piperidine rings is 1. The van der Waals surface area contributed by atoms with E-state index in [9.17, 15) is 9.50 Å². The lowest BCUT2D eigenvalue weighted by Gasteiger charge is -2.45. The SMILES string of the molecule is N#Cc1cc(F)ccc1C1(O)CC2COCC(C1)N2. The Hall–Kier alpha value is -1.48. The number of nitrogens with one attached hydrogen (secondary N) is 1. The van der Waals surface area contributed by atoms with Gasteiger partial charge in [-0.25, -0.2) is 4.39 Å². The molecule has 19 heavy (non-hydrogen) atoms. The minimum atomic E-state index is -1.08. The molecule has 0 aliphatic carbocycles. The van der Waals surface area contributed by atoms with Gasteiger partial charge < -0.3 is 15.2 Å². The quantitative estimate of drug-likeness (QED) is 0.793. The van der Waals surface area contributed by atoms with E-state index in [1.165, 1.54) is 18.2 Å². The van der Waals surface area contributed by atoms with Crippen LogP contribution in [0.2, 0.25) is 0 Å². The van der Waals surface area contributed by atoms with Crippen molar-refractivity contribution in [3.8, 4) is 6.07 Å². The van der Waals surface area contributed by atoms with Gasteiger partial charge in [-0.1, -0.05) is 6.07 Å². The van der Waals surface area contributed by atoms with Crippen LogP contribution in [0.3, 0.4) is 0 Å². The van der Waals surface area contributed by atoms with Gasteiger partial charge in [-0.05, 0) is 25.0 Å². The van der Waals surface area contributed by atoms with Crippen molar-refractivity contribution in [2.24, 2.45) is 0 Å². The van der Waals surface area contributed by atoms with Crippen molar-refractivity contribution in [1.29, 1.82) is 5.26 Å². The number of ether oxygens (including phenoxy) is 1. The van der Waals surface area contributed by atoms with E-state index in [1.54, 1.807) is 0 Å². The monoisotopic (exact) mass is 262 g/mol. The van der Waals surface area contributed by atoms with E-state index in [1.807, 2.05) is 6.07 Å². The fourth-order valence-corrected chi connectivity index (χ4v) is 3.15. The van der Waals surface area contributed by atoms with Gasteiger partial charge in [0.25, 0.3) is 0 Å². The van der Waals surface area contributed by atoms with E-state index in [-0.39, 0.29) is 17.6 Å². The number of nitriles is 1. The van der Waals surface area contributed by atoms with E-state index >= 15 is 0 Å². The van der Waals surface area contributed by atoms with Crippen LogP contribution in [-0.2, 0) is 10.3 Å². The summed E-state index contributed by atoms with van der Waals surface area (Å²) in [4.78, 5) is 0. The van der Waals surface area contributed by atoms with Gasteiger partial charge in [0.2, 0.25) is 0 Å². The number of rotatable bonds is 1. The lowest BCUT2D eigenvalue weighted by Crippen LogP contribution is -2.58. The number of hydrogen-bond donors (Lipinski definition) is 2. The molecule has 100 valence electrons. The molecule has 2 N–H and O–H groups in total. The molecule has 0 spiro atoms. The van der Waals surface area contributed by atoms with Crippen molar-refractivity contribution in [3.05, 3.63) is 35.1 Å². The Labute approximate surface area is 110 Å². The van der Waals surface area contributed by atoms with Gasteiger partial charge >= 0.3 is 0 Å². The van der Waals surface area contributed by atoms with Gasteiger partial charge in [0.1, 0.15) is 5.82 Å². The number of nitrogens with zero attached hydrogens (tertiary/aromatic N) is 1. The molecule has 0 saturated carbocycles. The number of hydrogen-bond acceptors (Lipinski definition) is 4. The van der Waals surface area contributed by atoms with Gasteiger partial charge in [-0.3, -0.25) is 0 Å². The van der Waals surface area contributed by atoms with Gasteiger partial charge in [0.15, 0.2) is 0 Å². The van der Waals surface area contributed by atoms with Gasteiger partial charge in [-0.2, -0.15) is 5.26 Å². The molecule has 1 aromatic carbocycles. The molecule has 4 nitrogen and oxygen atoms in total. The Morgan fingerprint density at radius 3 is 2.68 bits per heavy atom. The molecule has 2 heterocycles. The average Bonchev–Trinajstić information content (AvgIpc) is 2.37. The molecule has 2 atom stereocenters. The highest BCUT2D eigenvalue weighted by atomic mass is 19.1. The van der Waals surface area contributed by atoms with Crippen molar-refractivity contribution in [2.75, 3.05) is 13.2 Å². The summed E-state index contributed by atoms with van der Waals surface area (Å²) >= 11 is 0. The summed E-state index contributed by atoms with van der Waals surface area (Å²) in [6.45, 7) is 1.11. The molecular weight excluding hydrogens is 247 g/mol. The third kappa shape index (κ3) is 2.23. The molecule has 2 unspecified atom stereocenters. The molecule has 0 amide bonds. The van der Waals surface area contributed by atoms with Gasteiger partial charge in [0.05, 0.1) is 30.4 Å². The molecule has 1 aromatic rings. The maximum absolute atomic E-state index is 13.2. The molecular formula is C14H15FN2O2. The third-order valence-corrected chi connectivity index (χ3v) is 3.88. The van der Waals surface area contributed by atoms with E-state index in [4.69, 9.17) is 10.00 Å². The highest BCUT2D eigenvalue weighted by Crippen LogP contribution is 2.38. The highest BCUT2D eigenvalue weighted by molar-refractivity contribution is 5.42. The number of aliphatic hydroxyl groups is 1. The van der Waals surface area contributed by atoms with Crippen LogP contribution < -0.4 is 5.32 Å². The summed E-state index contributed by atoms with van der Waals surface area (Å²) < 4.78 is 18.6. The maximum atomic E-state index is 13.2. The normalized spacial score (nSPS) is 33.7. The van der Waals surface area contributed by atoms with Crippen molar-refractivity contribution in [3.63, 3.8) is 0 Å². The third-order valence-electron chi connectivity index (χ3n) is 3.88. The number of halogens is 1. The Balaban J connectivity index is 1.99. The molecule has 0 aromatic heterocycles. The van der Waals surface area contributed by atoms with Crippen molar-refractivity contribution in [1.82, 2.24) is 5.32 Å². The first-order valence-corrected chi connectivity index (χ1v) is 6.37. The van der Waals surface area contributed by atoms with Crippen LogP contribution in [-0.4, -0.2) is 30.4 Å². The van der Waals surface area contributed by atoms with Gasteiger partial charge in [-0.15, -0.1) is 0 Å². The molecule has 2 saturated heterocycles. The second kappa shape index (κ2) is 4.57. The summed E-state index contributed by atoms with van der Waals surface area (Å²) in [7, 11) is 0. The summed E-state index contributed by atoms with van der Waals surface area (Å²) in [5.74, 6) is -0.457. The largest absolute Gasteiger partial charge is 0.385 e. The minimum absolute atomic E-state index is 0.0779. The summed E-state index contributed by atoms with van der Waals surface area (Å²) in [6, 6.07) is 6.13. The molecule has 5 heteroatoms. The predicted octanol–water partition coefficient (Wildman–Crippen LogP) is 1.04. The highest BCUT2D eigenvalue weighted by Gasteiger charge is 2.43. The maximum Gasteiger partial charge on any atom is 0.124 e. The lowest BCUT2D eigenvalue weighted by molar-refractivity contribution is -0.0803. The van der Waals surface area contributed by atoms with E-state index in [2.05, 4.69) is 5.32 Å². The Bertz CT molecular complexity index is 529. The summed E-state index contributed by atoms with van der Waals surface area (Å²) in [5, 5.41) is 23.4. The summed E-state index contributed by atoms with van der Waals surface area (Å²) in [5.41, 5.74) is -0.346.